The molecule has 0 fully saturated rings. The van der Waals surface area contributed by atoms with Crippen LogP contribution in [0.1, 0.15) is 46.1 Å². The van der Waals surface area contributed by atoms with Crippen molar-refractivity contribution in [1.82, 2.24) is 10.1 Å². The van der Waals surface area contributed by atoms with Crippen LogP contribution in [0.4, 0.5) is 5.13 Å². The lowest BCUT2D eigenvalue weighted by atomic mass is 9.78. The van der Waals surface area contributed by atoms with Gasteiger partial charge in [0.2, 0.25) is 0 Å². The van der Waals surface area contributed by atoms with Crippen LogP contribution < -0.4 is 5.32 Å². The number of hydrogen-bond acceptors (Lipinski definition) is 6. The molecule has 1 aromatic carbocycles. The van der Waals surface area contributed by atoms with Gasteiger partial charge in [0.25, 0.3) is 5.91 Å². The molecule has 0 spiro atoms. The Hall–Kier alpha value is -2.80. The lowest BCUT2D eigenvalue weighted by Gasteiger charge is -2.26. The van der Waals surface area contributed by atoms with Gasteiger partial charge in [-0.3, -0.25) is 14.9 Å². The van der Waals surface area contributed by atoms with E-state index in [1.54, 1.807) is 6.07 Å². The van der Waals surface area contributed by atoms with Gasteiger partial charge in [-0.15, -0.1) is 0 Å². The predicted octanol–water partition coefficient (Wildman–Crippen LogP) is 4.21. The summed E-state index contributed by atoms with van der Waals surface area (Å²) < 4.78 is 5.25. The van der Waals surface area contributed by atoms with E-state index in [4.69, 9.17) is 4.52 Å². The van der Waals surface area contributed by atoms with Crippen LogP contribution in [0.5, 0.6) is 0 Å². The van der Waals surface area contributed by atoms with Crippen LogP contribution >= 0.6 is 11.3 Å². The zero-order chi connectivity index (χ0) is 18.3. The number of carbonyl (C=O) groups is 2. The highest BCUT2D eigenvalue weighted by atomic mass is 32.1. The second kappa shape index (κ2) is 6.17. The Morgan fingerprint density at radius 1 is 1.23 bits per heavy atom. The van der Waals surface area contributed by atoms with Crippen molar-refractivity contribution in [3.8, 4) is 11.3 Å². The van der Waals surface area contributed by atoms with E-state index in [1.165, 1.54) is 11.3 Å². The van der Waals surface area contributed by atoms with Crippen molar-refractivity contribution in [2.24, 2.45) is 5.41 Å². The molecule has 6 nitrogen and oxygen atoms in total. The van der Waals surface area contributed by atoms with Crippen molar-refractivity contribution in [2.75, 3.05) is 5.32 Å². The number of fused-ring (bicyclic) bond motifs is 1. The summed E-state index contributed by atoms with van der Waals surface area (Å²) in [6.45, 7) is 4.10. The fraction of sp³-hybridized carbons (Fsp3) is 0.263. The number of carbonyl (C=O) groups excluding carboxylic acids is 2. The molecule has 1 aliphatic carbocycles. The highest BCUT2D eigenvalue weighted by Crippen LogP contribution is 2.38. The molecule has 0 atom stereocenters. The first-order valence-corrected chi connectivity index (χ1v) is 9.09. The number of benzene rings is 1. The lowest BCUT2D eigenvalue weighted by molar-refractivity contribution is 0.0915. The molecule has 0 bridgehead atoms. The zero-order valence-electron chi connectivity index (χ0n) is 14.4. The van der Waals surface area contributed by atoms with E-state index in [2.05, 4.69) is 15.5 Å². The van der Waals surface area contributed by atoms with Crippen molar-refractivity contribution in [3.05, 3.63) is 52.7 Å². The molecule has 1 aliphatic rings. The van der Waals surface area contributed by atoms with Gasteiger partial charge < -0.3 is 4.52 Å². The smallest absolute Gasteiger partial charge is 0.279 e. The molecule has 4 rings (SSSR count). The quantitative estimate of drug-likeness (QED) is 0.750. The monoisotopic (exact) mass is 367 g/mol. The van der Waals surface area contributed by atoms with Crippen molar-refractivity contribution in [2.45, 2.75) is 26.7 Å². The molecule has 2 heterocycles. The van der Waals surface area contributed by atoms with E-state index in [0.29, 0.717) is 22.2 Å². The minimum Gasteiger partial charge on any atom is -0.355 e. The van der Waals surface area contributed by atoms with Crippen molar-refractivity contribution in [1.29, 1.82) is 0 Å². The van der Waals surface area contributed by atoms with Gasteiger partial charge in [-0.05, 0) is 11.8 Å². The van der Waals surface area contributed by atoms with Crippen molar-refractivity contribution in [3.63, 3.8) is 0 Å². The molecule has 132 valence electrons. The SMILES string of the molecule is CC1(C)CC(=O)c2sc(NC(=O)c3cc(-c4ccccc4)on3)nc2C1. The molecule has 1 N–H and O–H groups in total. The van der Waals surface area contributed by atoms with Crippen LogP contribution in [0.15, 0.2) is 40.9 Å². The Bertz CT molecular complexity index is 989. The number of amides is 1. The second-order valence-electron chi connectivity index (χ2n) is 7.13. The number of thiazole rings is 1. The zero-order valence-corrected chi connectivity index (χ0v) is 15.2. The number of rotatable bonds is 3. The Labute approximate surface area is 154 Å². The first kappa shape index (κ1) is 16.7. The first-order valence-electron chi connectivity index (χ1n) is 8.28. The van der Waals surface area contributed by atoms with Gasteiger partial charge in [-0.2, -0.15) is 0 Å². The van der Waals surface area contributed by atoms with Crippen LogP contribution in [-0.4, -0.2) is 21.8 Å². The molecule has 7 heteroatoms. The van der Waals surface area contributed by atoms with Gasteiger partial charge >= 0.3 is 0 Å². The Morgan fingerprint density at radius 3 is 2.77 bits per heavy atom. The Balaban J connectivity index is 1.53. The van der Waals surface area contributed by atoms with Gasteiger partial charge in [0.1, 0.15) is 0 Å². The number of aromatic nitrogens is 2. The predicted molar refractivity (Wildman–Crippen MR) is 98.4 cm³/mol. The number of nitrogens with one attached hydrogen (secondary N) is 1. The molecule has 0 aliphatic heterocycles. The molecule has 0 unspecified atom stereocenters. The van der Waals surface area contributed by atoms with E-state index in [1.807, 2.05) is 44.2 Å². The third-order valence-corrected chi connectivity index (χ3v) is 5.31. The van der Waals surface area contributed by atoms with E-state index in [0.717, 1.165) is 17.7 Å². The van der Waals surface area contributed by atoms with Gasteiger partial charge in [-0.1, -0.05) is 60.7 Å². The minimum atomic E-state index is -0.409. The van der Waals surface area contributed by atoms with Crippen molar-refractivity contribution < 1.29 is 14.1 Å². The standard InChI is InChI=1S/C19H17N3O3S/c1-19(2)9-13-16(14(23)10-19)26-18(20-13)21-17(24)12-8-15(25-22-12)11-6-4-3-5-7-11/h3-8H,9-10H2,1-2H3,(H,20,21,24). The molecule has 26 heavy (non-hydrogen) atoms. The summed E-state index contributed by atoms with van der Waals surface area (Å²) in [5, 5.41) is 6.97. The summed E-state index contributed by atoms with van der Waals surface area (Å²) in [5.74, 6) is 0.196. The molecule has 3 aromatic rings. The summed E-state index contributed by atoms with van der Waals surface area (Å²) >= 11 is 1.22. The first-order chi connectivity index (χ1) is 12.4. The fourth-order valence-corrected chi connectivity index (χ4v) is 3.97. The van der Waals surface area contributed by atoms with Crippen LogP contribution in [-0.2, 0) is 6.42 Å². The summed E-state index contributed by atoms with van der Waals surface area (Å²) in [4.78, 5) is 29.8. The molecular formula is C19H17N3O3S. The van der Waals surface area contributed by atoms with Crippen LogP contribution in [0.3, 0.4) is 0 Å². The van der Waals surface area contributed by atoms with Crippen LogP contribution in [0, 0.1) is 5.41 Å². The topological polar surface area (TPSA) is 85.1 Å². The molecular weight excluding hydrogens is 350 g/mol. The van der Waals surface area contributed by atoms with Gasteiger partial charge in [0.15, 0.2) is 22.4 Å². The fourth-order valence-electron chi connectivity index (χ4n) is 3.06. The molecule has 2 aromatic heterocycles. The maximum atomic E-state index is 12.4. The third kappa shape index (κ3) is 3.17. The minimum absolute atomic E-state index is 0.0852. The molecule has 0 saturated carbocycles. The maximum absolute atomic E-state index is 12.4. The van der Waals surface area contributed by atoms with E-state index < -0.39 is 5.91 Å². The summed E-state index contributed by atoms with van der Waals surface area (Å²) in [5.41, 5.74) is 1.67. The average molecular weight is 367 g/mol. The second-order valence-corrected chi connectivity index (χ2v) is 8.13. The van der Waals surface area contributed by atoms with E-state index in [9.17, 15) is 9.59 Å². The molecule has 1 amide bonds. The van der Waals surface area contributed by atoms with Gasteiger partial charge in [-0.25, -0.2) is 4.98 Å². The number of Topliss-reactive ketones (excluding diaryl/α,β-unsaturated/α-hetero) is 1. The number of nitrogens with zero attached hydrogens (tertiary/aromatic N) is 2. The number of ketones is 1. The summed E-state index contributed by atoms with van der Waals surface area (Å²) in [6, 6.07) is 11.0. The summed E-state index contributed by atoms with van der Waals surface area (Å²) in [6.07, 6.45) is 1.22. The molecule has 0 saturated heterocycles. The molecule has 0 radical (unpaired) electrons. The average Bonchev–Trinajstić information content (AvgIpc) is 3.21. The van der Waals surface area contributed by atoms with E-state index in [-0.39, 0.29) is 16.9 Å². The Kier molecular flexibility index (Phi) is 3.96. The number of hydrogen-bond donors (Lipinski definition) is 1. The highest BCUT2D eigenvalue weighted by Gasteiger charge is 2.34. The van der Waals surface area contributed by atoms with E-state index >= 15 is 0 Å². The van der Waals surface area contributed by atoms with Crippen LogP contribution in [0.25, 0.3) is 11.3 Å². The largest absolute Gasteiger partial charge is 0.355 e. The highest BCUT2D eigenvalue weighted by molar-refractivity contribution is 7.17. The number of anilines is 1. The van der Waals surface area contributed by atoms with Crippen LogP contribution in [0.2, 0.25) is 0 Å². The lowest BCUT2D eigenvalue weighted by Crippen LogP contribution is -2.26. The normalized spacial score (nSPS) is 15.5. The third-order valence-electron chi connectivity index (χ3n) is 4.26. The van der Waals surface area contributed by atoms with Crippen molar-refractivity contribution >= 4 is 28.2 Å². The van der Waals surface area contributed by atoms with Gasteiger partial charge in [0, 0.05) is 18.1 Å². The summed E-state index contributed by atoms with van der Waals surface area (Å²) in [7, 11) is 0. The van der Waals surface area contributed by atoms with Gasteiger partial charge in [0.05, 0.1) is 10.6 Å². The Morgan fingerprint density at radius 2 is 2.00 bits per heavy atom. The maximum Gasteiger partial charge on any atom is 0.279 e.